The van der Waals surface area contributed by atoms with E-state index < -0.39 is 0 Å². The van der Waals surface area contributed by atoms with Crippen LogP contribution in [0.15, 0.2) is 24.3 Å². The Morgan fingerprint density at radius 2 is 2.20 bits per heavy atom. The summed E-state index contributed by atoms with van der Waals surface area (Å²) in [5, 5.41) is 7.58. The first-order valence-electron chi connectivity index (χ1n) is 6.84. The Balaban J connectivity index is 2.19. The monoisotopic (exact) mass is 274 g/mol. The summed E-state index contributed by atoms with van der Waals surface area (Å²) in [5.41, 5.74) is 8.43. The van der Waals surface area contributed by atoms with E-state index in [4.69, 9.17) is 10.5 Å². The molecule has 1 heterocycles. The molecule has 3 N–H and O–H groups in total. The molecule has 108 valence electrons. The first kappa shape index (κ1) is 14.2. The maximum absolute atomic E-state index is 6.01. The van der Waals surface area contributed by atoms with E-state index in [0.29, 0.717) is 5.69 Å². The van der Waals surface area contributed by atoms with Crippen LogP contribution < -0.4 is 15.8 Å². The second-order valence-electron chi connectivity index (χ2n) is 4.96. The highest BCUT2D eigenvalue weighted by atomic mass is 16.5. The zero-order chi connectivity index (χ0) is 14.7. The molecule has 0 saturated heterocycles. The van der Waals surface area contributed by atoms with Gasteiger partial charge in [0.05, 0.1) is 17.5 Å². The lowest BCUT2D eigenvalue weighted by Crippen LogP contribution is -2.09. The van der Waals surface area contributed by atoms with Gasteiger partial charge in [-0.3, -0.25) is 4.68 Å². The molecule has 5 heteroatoms. The van der Waals surface area contributed by atoms with E-state index in [2.05, 4.69) is 24.3 Å². The van der Waals surface area contributed by atoms with Crippen molar-refractivity contribution in [3.8, 4) is 5.75 Å². The van der Waals surface area contributed by atoms with Gasteiger partial charge in [0.1, 0.15) is 5.75 Å². The van der Waals surface area contributed by atoms with E-state index in [1.54, 1.807) is 4.68 Å². The summed E-state index contributed by atoms with van der Waals surface area (Å²) in [6.07, 6.45) is 1.18. The van der Waals surface area contributed by atoms with E-state index >= 15 is 0 Å². The smallest absolute Gasteiger partial charge is 0.152 e. The largest absolute Gasteiger partial charge is 0.491 e. The van der Waals surface area contributed by atoms with Crippen LogP contribution in [0.25, 0.3) is 0 Å². The third-order valence-corrected chi connectivity index (χ3v) is 3.28. The molecular weight excluding hydrogens is 252 g/mol. The molecule has 2 rings (SSSR count). The molecule has 1 aromatic heterocycles. The minimum absolute atomic E-state index is 0.203. The fourth-order valence-electron chi connectivity index (χ4n) is 1.92. The SMILES string of the molecule is CCC(C)Oc1cccc(Nc2c(N)c(C)nn2C)c1. The average Bonchev–Trinajstić information content (AvgIpc) is 2.66. The van der Waals surface area contributed by atoms with Crippen LogP contribution in [0.2, 0.25) is 0 Å². The van der Waals surface area contributed by atoms with Gasteiger partial charge in [0.15, 0.2) is 5.82 Å². The van der Waals surface area contributed by atoms with Gasteiger partial charge in [-0.1, -0.05) is 13.0 Å². The maximum Gasteiger partial charge on any atom is 0.152 e. The highest BCUT2D eigenvalue weighted by molar-refractivity contribution is 5.71. The van der Waals surface area contributed by atoms with E-state index in [1.165, 1.54) is 0 Å². The molecule has 1 aromatic carbocycles. The second-order valence-corrected chi connectivity index (χ2v) is 4.96. The summed E-state index contributed by atoms with van der Waals surface area (Å²) in [6.45, 7) is 6.05. The number of benzene rings is 1. The number of ether oxygens (including phenoxy) is 1. The van der Waals surface area contributed by atoms with E-state index in [9.17, 15) is 0 Å². The molecule has 0 aliphatic rings. The topological polar surface area (TPSA) is 65.1 Å². The van der Waals surface area contributed by atoms with Gasteiger partial charge in [-0.25, -0.2) is 0 Å². The lowest BCUT2D eigenvalue weighted by atomic mass is 10.2. The lowest BCUT2D eigenvalue weighted by molar-refractivity contribution is 0.217. The van der Waals surface area contributed by atoms with Gasteiger partial charge < -0.3 is 15.8 Å². The van der Waals surface area contributed by atoms with Gasteiger partial charge >= 0.3 is 0 Å². The van der Waals surface area contributed by atoms with Gasteiger partial charge in [-0.2, -0.15) is 5.10 Å². The lowest BCUT2D eigenvalue weighted by Gasteiger charge is -2.14. The number of nitrogens with two attached hydrogens (primary N) is 1. The molecule has 0 saturated carbocycles. The van der Waals surface area contributed by atoms with Crippen LogP contribution in [-0.4, -0.2) is 15.9 Å². The third kappa shape index (κ3) is 3.04. The molecule has 1 unspecified atom stereocenters. The van der Waals surface area contributed by atoms with Crippen LogP contribution >= 0.6 is 0 Å². The molecule has 1 atom stereocenters. The van der Waals surface area contributed by atoms with Crippen molar-refractivity contribution < 1.29 is 4.74 Å². The quantitative estimate of drug-likeness (QED) is 0.878. The summed E-state index contributed by atoms with van der Waals surface area (Å²) >= 11 is 0. The summed E-state index contributed by atoms with van der Waals surface area (Å²) in [7, 11) is 1.87. The Hall–Kier alpha value is -2.17. The maximum atomic E-state index is 6.01. The van der Waals surface area contributed by atoms with E-state index in [1.807, 2.05) is 38.2 Å². The predicted octanol–water partition coefficient (Wildman–Crippen LogP) is 3.23. The van der Waals surface area contributed by atoms with Crippen molar-refractivity contribution in [2.45, 2.75) is 33.3 Å². The third-order valence-electron chi connectivity index (χ3n) is 3.28. The number of rotatable bonds is 5. The van der Waals surface area contributed by atoms with Crippen LogP contribution in [0.4, 0.5) is 17.2 Å². The summed E-state index contributed by atoms with van der Waals surface area (Å²) < 4.78 is 7.56. The van der Waals surface area contributed by atoms with Crippen molar-refractivity contribution in [2.75, 3.05) is 11.1 Å². The second kappa shape index (κ2) is 5.86. The standard InChI is InChI=1S/C15H22N4O/c1-5-10(2)20-13-8-6-7-12(9-13)17-15-14(16)11(3)18-19(15)4/h6-10,17H,5,16H2,1-4H3. The Morgan fingerprint density at radius 1 is 1.45 bits per heavy atom. The first-order valence-corrected chi connectivity index (χ1v) is 6.84. The Labute approximate surface area is 119 Å². The van der Waals surface area contributed by atoms with Crippen LogP contribution in [0.3, 0.4) is 0 Å². The molecule has 0 radical (unpaired) electrons. The van der Waals surface area contributed by atoms with Gasteiger partial charge in [0.2, 0.25) is 0 Å². The Kier molecular flexibility index (Phi) is 4.17. The molecular formula is C15H22N4O. The molecule has 0 spiro atoms. The van der Waals surface area contributed by atoms with Gasteiger partial charge in [0, 0.05) is 18.8 Å². The number of nitrogen functional groups attached to an aromatic ring is 1. The summed E-state index contributed by atoms with van der Waals surface area (Å²) in [4.78, 5) is 0. The number of anilines is 3. The minimum Gasteiger partial charge on any atom is -0.491 e. The van der Waals surface area contributed by atoms with Crippen molar-refractivity contribution >= 4 is 17.2 Å². The fourth-order valence-corrected chi connectivity index (χ4v) is 1.92. The number of hydrogen-bond donors (Lipinski definition) is 2. The van der Waals surface area contributed by atoms with Crippen molar-refractivity contribution in [1.82, 2.24) is 9.78 Å². The Bertz CT molecular complexity index is 592. The van der Waals surface area contributed by atoms with Crippen molar-refractivity contribution in [2.24, 2.45) is 7.05 Å². The zero-order valence-electron chi connectivity index (χ0n) is 12.5. The van der Waals surface area contributed by atoms with Crippen LogP contribution in [0.1, 0.15) is 26.0 Å². The highest BCUT2D eigenvalue weighted by Crippen LogP contribution is 2.27. The van der Waals surface area contributed by atoms with Crippen LogP contribution in [0, 0.1) is 6.92 Å². The van der Waals surface area contributed by atoms with Gasteiger partial charge in [-0.15, -0.1) is 0 Å². The van der Waals surface area contributed by atoms with Crippen LogP contribution in [-0.2, 0) is 7.05 Å². The molecule has 2 aromatic rings. The van der Waals surface area contributed by atoms with Crippen molar-refractivity contribution in [1.29, 1.82) is 0 Å². The normalized spacial score (nSPS) is 12.2. The number of aryl methyl sites for hydroxylation is 2. The molecule has 5 nitrogen and oxygen atoms in total. The zero-order valence-corrected chi connectivity index (χ0v) is 12.5. The van der Waals surface area contributed by atoms with Crippen molar-refractivity contribution in [3.05, 3.63) is 30.0 Å². The van der Waals surface area contributed by atoms with Gasteiger partial charge in [0.25, 0.3) is 0 Å². The molecule has 0 fully saturated rings. The summed E-state index contributed by atoms with van der Waals surface area (Å²) in [6, 6.07) is 7.85. The summed E-state index contributed by atoms with van der Waals surface area (Å²) in [5.74, 6) is 1.64. The Morgan fingerprint density at radius 3 is 2.80 bits per heavy atom. The number of hydrogen-bond acceptors (Lipinski definition) is 4. The van der Waals surface area contributed by atoms with Crippen LogP contribution in [0.5, 0.6) is 5.75 Å². The predicted molar refractivity (Wildman–Crippen MR) is 82.5 cm³/mol. The molecule has 0 aliphatic carbocycles. The molecule has 0 aliphatic heterocycles. The molecule has 0 bridgehead atoms. The fraction of sp³-hybridized carbons (Fsp3) is 0.400. The highest BCUT2D eigenvalue weighted by Gasteiger charge is 2.10. The minimum atomic E-state index is 0.203. The van der Waals surface area contributed by atoms with E-state index in [0.717, 1.165) is 29.4 Å². The van der Waals surface area contributed by atoms with Crippen molar-refractivity contribution in [3.63, 3.8) is 0 Å². The average molecular weight is 274 g/mol. The number of nitrogens with zero attached hydrogens (tertiary/aromatic N) is 2. The first-order chi connectivity index (χ1) is 9.51. The number of nitrogens with one attached hydrogen (secondary N) is 1. The molecule has 20 heavy (non-hydrogen) atoms. The van der Waals surface area contributed by atoms with Gasteiger partial charge in [-0.05, 0) is 32.4 Å². The number of aromatic nitrogens is 2. The van der Waals surface area contributed by atoms with E-state index in [-0.39, 0.29) is 6.10 Å². The molecule has 0 amide bonds.